The van der Waals surface area contributed by atoms with E-state index in [1.165, 1.54) is 4.90 Å². The van der Waals surface area contributed by atoms with Crippen molar-refractivity contribution in [3.63, 3.8) is 0 Å². The van der Waals surface area contributed by atoms with Gasteiger partial charge >= 0.3 is 0 Å². The number of likely N-dealkylation sites (N-methyl/N-ethyl adjacent to an activating group) is 1. The summed E-state index contributed by atoms with van der Waals surface area (Å²) in [6.07, 6.45) is 0. The van der Waals surface area contributed by atoms with E-state index in [0.717, 1.165) is 5.56 Å². The van der Waals surface area contributed by atoms with Crippen LogP contribution in [0.2, 0.25) is 0 Å². The lowest BCUT2D eigenvalue weighted by atomic mass is 10.2. The molecule has 0 saturated carbocycles. The third-order valence-corrected chi connectivity index (χ3v) is 2.24. The molecule has 0 aromatic heterocycles. The number of hydrogen-bond acceptors (Lipinski definition) is 3. The molecule has 1 rings (SSSR count). The maximum absolute atomic E-state index is 11.7. The van der Waals surface area contributed by atoms with Gasteiger partial charge in [-0.3, -0.25) is 9.59 Å². The van der Waals surface area contributed by atoms with Gasteiger partial charge in [0.2, 0.25) is 11.8 Å². The van der Waals surface area contributed by atoms with Crippen LogP contribution in [0.15, 0.2) is 30.3 Å². The van der Waals surface area contributed by atoms with Crippen LogP contribution in [-0.2, 0) is 16.1 Å². The summed E-state index contributed by atoms with van der Waals surface area (Å²) in [6.45, 7) is 0.528. The van der Waals surface area contributed by atoms with E-state index in [9.17, 15) is 9.59 Å². The first-order chi connectivity index (χ1) is 8.13. The van der Waals surface area contributed by atoms with Crippen LogP contribution in [0.5, 0.6) is 0 Å². The molecule has 2 amide bonds. The van der Waals surface area contributed by atoms with Crippen molar-refractivity contribution in [2.24, 2.45) is 5.73 Å². The minimum atomic E-state index is -0.509. The van der Waals surface area contributed by atoms with E-state index in [1.54, 1.807) is 7.05 Å². The number of nitrogens with one attached hydrogen (secondary N) is 1. The van der Waals surface area contributed by atoms with Crippen LogP contribution >= 0.6 is 0 Å². The van der Waals surface area contributed by atoms with Crippen molar-refractivity contribution in [3.8, 4) is 0 Å². The fraction of sp³-hybridized carbons (Fsp3) is 0.333. The Morgan fingerprint density at radius 3 is 2.47 bits per heavy atom. The third kappa shape index (κ3) is 4.65. The highest BCUT2D eigenvalue weighted by Gasteiger charge is 2.15. The number of nitrogens with two attached hydrogens (primary N) is 1. The summed E-state index contributed by atoms with van der Waals surface area (Å²) in [4.78, 5) is 24.1. The summed E-state index contributed by atoms with van der Waals surface area (Å²) in [6, 6.07) is 9.49. The quantitative estimate of drug-likeness (QED) is 0.712. The summed E-state index contributed by atoms with van der Waals surface area (Å²) >= 11 is 0. The number of carbonyl (C=O) groups excluding carboxylic acids is 2. The zero-order valence-electron chi connectivity index (χ0n) is 9.85. The van der Waals surface area contributed by atoms with Gasteiger partial charge < -0.3 is 16.0 Å². The van der Waals surface area contributed by atoms with Gasteiger partial charge in [-0.15, -0.1) is 0 Å². The minimum absolute atomic E-state index is 0.0601. The van der Waals surface area contributed by atoms with E-state index >= 15 is 0 Å². The van der Waals surface area contributed by atoms with Crippen molar-refractivity contribution in [3.05, 3.63) is 35.9 Å². The minimum Gasteiger partial charge on any atom is -0.368 e. The predicted octanol–water partition coefficient (Wildman–Crippen LogP) is -0.280. The molecule has 0 saturated heterocycles. The van der Waals surface area contributed by atoms with E-state index < -0.39 is 5.91 Å². The number of nitrogens with zero attached hydrogens (tertiary/aromatic N) is 1. The molecule has 0 aliphatic heterocycles. The normalized spacial score (nSPS) is 9.94. The lowest BCUT2D eigenvalue weighted by molar-refractivity contribution is -0.134. The van der Waals surface area contributed by atoms with Crippen LogP contribution < -0.4 is 11.1 Å². The Morgan fingerprint density at radius 2 is 1.94 bits per heavy atom. The largest absolute Gasteiger partial charge is 0.368 e. The van der Waals surface area contributed by atoms with Crippen molar-refractivity contribution in [2.75, 3.05) is 20.1 Å². The maximum Gasteiger partial charge on any atom is 0.237 e. The molecule has 3 N–H and O–H groups in total. The van der Waals surface area contributed by atoms with Gasteiger partial charge in [0.15, 0.2) is 0 Å². The first-order valence-electron chi connectivity index (χ1n) is 5.38. The molecule has 0 unspecified atom stereocenters. The number of primary amides is 1. The smallest absolute Gasteiger partial charge is 0.237 e. The molecule has 0 spiro atoms. The Kier molecular flexibility index (Phi) is 5.16. The molecule has 17 heavy (non-hydrogen) atoms. The molecule has 5 nitrogen and oxygen atoms in total. The van der Waals surface area contributed by atoms with Crippen LogP contribution in [0.3, 0.4) is 0 Å². The molecule has 0 fully saturated rings. The molecular weight excluding hydrogens is 218 g/mol. The topological polar surface area (TPSA) is 75.4 Å². The summed E-state index contributed by atoms with van der Waals surface area (Å²) in [5.74, 6) is -0.652. The van der Waals surface area contributed by atoms with Crippen LogP contribution in [0.25, 0.3) is 0 Å². The molecule has 0 aliphatic rings. The molecule has 1 aromatic rings. The second-order valence-electron chi connectivity index (χ2n) is 3.73. The molecule has 5 heteroatoms. The van der Waals surface area contributed by atoms with E-state index in [0.29, 0.717) is 6.54 Å². The van der Waals surface area contributed by atoms with Crippen molar-refractivity contribution in [2.45, 2.75) is 6.54 Å². The Balaban J connectivity index is 2.70. The number of benzene rings is 1. The third-order valence-electron chi connectivity index (χ3n) is 2.24. The average molecular weight is 235 g/mol. The Morgan fingerprint density at radius 1 is 1.29 bits per heavy atom. The summed E-state index contributed by atoms with van der Waals surface area (Å²) in [7, 11) is 1.68. The van der Waals surface area contributed by atoms with Gasteiger partial charge in [0.1, 0.15) is 0 Å². The zero-order chi connectivity index (χ0) is 12.7. The van der Waals surface area contributed by atoms with Gasteiger partial charge in [-0.25, -0.2) is 0 Å². The van der Waals surface area contributed by atoms with Crippen LogP contribution in [0.1, 0.15) is 5.56 Å². The molecule has 0 bridgehead atoms. The Labute approximate surface area is 101 Å². The van der Waals surface area contributed by atoms with Crippen LogP contribution in [0, 0.1) is 0 Å². The summed E-state index contributed by atoms with van der Waals surface area (Å²) in [5, 5.41) is 2.76. The second kappa shape index (κ2) is 6.65. The molecule has 0 atom stereocenters. The van der Waals surface area contributed by atoms with Gasteiger partial charge in [-0.1, -0.05) is 30.3 Å². The van der Waals surface area contributed by atoms with Gasteiger partial charge in [-0.05, 0) is 12.6 Å². The van der Waals surface area contributed by atoms with Crippen molar-refractivity contribution in [1.29, 1.82) is 0 Å². The number of amides is 2. The van der Waals surface area contributed by atoms with Crippen molar-refractivity contribution >= 4 is 11.8 Å². The SMILES string of the molecule is CNCC(=O)N(CC(N)=O)Cc1ccccc1. The lowest BCUT2D eigenvalue weighted by Gasteiger charge is -2.21. The molecule has 92 valence electrons. The first-order valence-corrected chi connectivity index (χ1v) is 5.38. The predicted molar refractivity (Wildman–Crippen MR) is 65.0 cm³/mol. The van der Waals surface area contributed by atoms with Gasteiger partial charge in [-0.2, -0.15) is 0 Å². The number of rotatable bonds is 6. The fourth-order valence-electron chi connectivity index (χ4n) is 1.49. The highest BCUT2D eigenvalue weighted by Crippen LogP contribution is 2.04. The Bertz CT molecular complexity index is 379. The van der Waals surface area contributed by atoms with E-state index in [1.807, 2.05) is 30.3 Å². The van der Waals surface area contributed by atoms with Crippen molar-refractivity contribution < 1.29 is 9.59 Å². The summed E-state index contributed by atoms with van der Waals surface area (Å²) in [5.41, 5.74) is 6.10. The maximum atomic E-state index is 11.7. The summed E-state index contributed by atoms with van der Waals surface area (Å²) < 4.78 is 0. The van der Waals surface area contributed by atoms with Crippen LogP contribution in [0.4, 0.5) is 0 Å². The molecular formula is C12H17N3O2. The molecule has 0 heterocycles. The van der Waals surface area contributed by atoms with Crippen molar-refractivity contribution in [1.82, 2.24) is 10.2 Å². The fourth-order valence-corrected chi connectivity index (χ4v) is 1.49. The highest BCUT2D eigenvalue weighted by molar-refractivity contribution is 5.84. The van der Waals surface area contributed by atoms with Gasteiger partial charge in [0.25, 0.3) is 0 Å². The molecule has 0 aliphatic carbocycles. The number of carbonyl (C=O) groups is 2. The second-order valence-corrected chi connectivity index (χ2v) is 3.73. The van der Waals surface area contributed by atoms with E-state index in [2.05, 4.69) is 5.32 Å². The van der Waals surface area contributed by atoms with Crippen LogP contribution in [-0.4, -0.2) is 36.9 Å². The lowest BCUT2D eigenvalue weighted by Crippen LogP contribution is -2.41. The molecule has 0 radical (unpaired) electrons. The van der Waals surface area contributed by atoms with Gasteiger partial charge in [0.05, 0.1) is 13.1 Å². The highest BCUT2D eigenvalue weighted by atomic mass is 16.2. The van der Waals surface area contributed by atoms with Gasteiger partial charge in [0, 0.05) is 6.54 Å². The Hall–Kier alpha value is -1.88. The standard InChI is InChI=1S/C12H17N3O2/c1-14-7-12(17)15(9-11(13)16)8-10-5-3-2-4-6-10/h2-6,14H,7-9H2,1H3,(H2,13,16). The average Bonchev–Trinajstić information content (AvgIpc) is 2.29. The molecule has 1 aromatic carbocycles. The zero-order valence-corrected chi connectivity index (χ0v) is 9.85. The number of hydrogen-bond donors (Lipinski definition) is 2. The monoisotopic (exact) mass is 235 g/mol. The van der Waals surface area contributed by atoms with E-state index in [4.69, 9.17) is 5.73 Å². The first kappa shape index (κ1) is 13.2. The van der Waals surface area contributed by atoms with E-state index in [-0.39, 0.29) is 19.0 Å².